The average molecular weight is 394 g/mol. The summed E-state index contributed by atoms with van der Waals surface area (Å²) >= 11 is 1.31. The van der Waals surface area contributed by atoms with Gasteiger partial charge in [0.15, 0.2) is 5.13 Å². The molecule has 1 aliphatic rings. The highest BCUT2D eigenvalue weighted by Crippen LogP contribution is 2.29. The Morgan fingerprint density at radius 3 is 2.54 bits per heavy atom. The smallest absolute Gasteiger partial charge is 0.244 e. The number of amides is 1. The first kappa shape index (κ1) is 19.0. The Morgan fingerprint density at radius 2 is 1.96 bits per heavy atom. The van der Waals surface area contributed by atoms with Gasteiger partial charge in [0.2, 0.25) is 15.9 Å². The number of carbonyl (C=O) groups is 1. The van der Waals surface area contributed by atoms with E-state index in [4.69, 9.17) is 0 Å². The predicted octanol–water partition coefficient (Wildman–Crippen LogP) is 3.23. The molecule has 3 rings (SSSR count). The second kappa shape index (κ2) is 7.09. The molecule has 1 saturated heterocycles. The Bertz CT molecular complexity index is 869. The molecule has 140 valence electrons. The van der Waals surface area contributed by atoms with E-state index in [1.165, 1.54) is 15.6 Å². The molecule has 1 amide bonds. The second-order valence-electron chi connectivity index (χ2n) is 7.37. The monoisotopic (exact) mass is 393 g/mol. The van der Waals surface area contributed by atoms with Crippen LogP contribution in [-0.2, 0) is 20.2 Å². The Morgan fingerprint density at radius 1 is 1.27 bits per heavy atom. The molecule has 1 aliphatic heterocycles. The summed E-state index contributed by atoms with van der Waals surface area (Å²) in [6.45, 7) is 6.58. The molecule has 2 heterocycles. The SMILES string of the molecule is CC(C)(C)c1ccc(S(=O)(=O)N2CCC[C@H]2C(=O)Nc2nccs2)cc1. The third-order valence-corrected chi connectivity index (χ3v) is 7.11. The Labute approximate surface area is 158 Å². The molecule has 6 nitrogen and oxygen atoms in total. The molecular weight excluding hydrogens is 370 g/mol. The largest absolute Gasteiger partial charge is 0.301 e. The van der Waals surface area contributed by atoms with Crippen LogP contribution in [0.15, 0.2) is 40.7 Å². The number of anilines is 1. The molecule has 0 bridgehead atoms. The van der Waals surface area contributed by atoms with Gasteiger partial charge in [-0.2, -0.15) is 4.31 Å². The van der Waals surface area contributed by atoms with E-state index in [1.54, 1.807) is 23.7 Å². The van der Waals surface area contributed by atoms with E-state index < -0.39 is 16.1 Å². The molecular formula is C18H23N3O3S2. The number of benzene rings is 1. The number of hydrogen-bond donors (Lipinski definition) is 1. The normalized spacial score (nSPS) is 18.8. The van der Waals surface area contributed by atoms with Gasteiger partial charge in [-0.05, 0) is 36.0 Å². The number of rotatable bonds is 4. The maximum absolute atomic E-state index is 13.0. The van der Waals surface area contributed by atoms with Gasteiger partial charge < -0.3 is 5.32 Å². The van der Waals surface area contributed by atoms with Crippen molar-refractivity contribution in [2.45, 2.75) is 50.0 Å². The number of aromatic nitrogens is 1. The number of carbonyl (C=O) groups excluding carboxylic acids is 1. The zero-order chi connectivity index (χ0) is 18.9. The van der Waals surface area contributed by atoms with Gasteiger partial charge in [0.1, 0.15) is 6.04 Å². The summed E-state index contributed by atoms with van der Waals surface area (Å²) in [6.07, 6.45) is 2.77. The first-order valence-electron chi connectivity index (χ1n) is 8.52. The molecule has 0 saturated carbocycles. The van der Waals surface area contributed by atoms with Crippen LogP contribution >= 0.6 is 11.3 Å². The van der Waals surface area contributed by atoms with Crippen LogP contribution in [0.5, 0.6) is 0 Å². The van der Waals surface area contributed by atoms with Crippen molar-refractivity contribution in [3.8, 4) is 0 Å². The maximum Gasteiger partial charge on any atom is 0.244 e. The Balaban J connectivity index is 1.82. The number of hydrogen-bond acceptors (Lipinski definition) is 5. The van der Waals surface area contributed by atoms with E-state index >= 15 is 0 Å². The van der Waals surface area contributed by atoms with E-state index in [0.29, 0.717) is 24.5 Å². The van der Waals surface area contributed by atoms with Gasteiger partial charge in [-0.3, -0.25) is 4.79 Å². The topological polar surface area (TPSA) is 79.4 Å². The molecule has 1 aromatic heterocycles. The lowest BCUT2D eigenvalue weighted by molar-refractivity contribution is -0.119. The van der Waals surface area contributed by atoms with Crippen molar-refractivity contribution in [2.75, 3.05) is 11.9 Å². The van der Waals surface area contributed by atoms with Crippen LogP contribution in [0.25, 0.3) is 0 Å². The van der Waals surface area contributed by atoms with Crippen molar-refractivity contribution in [3.05, 3.63) is 41.4 Å². The van der Waals surface area contributed by atoms with Crippen LogP contribution in [0.2, 0.25) is 0 Å². The molecule has 26 heavy (non-hydrogen) atoms. The van der Waals surface area contributed by atoms with Gasteiger partial charge in [0, 0.05) is 18.1 Å². The minimum atomic E-state index is -3.72. The summed E-state index contributed by atoms with van der Waals surface area (Å²) in [5.74, 6) is -0.327. The van der Waals surface area contributed by atoms with Gasteiger partial charge in [0.05, 0.1) is 4.90 Å². The third-order valence-electron chi connectivity index (χ3n) is 4.50. The molecule has 0 radical (unpaired) electrons. The minimum Gasteiger partial charge on any atom is -0.301 e. The Kier molecular flexibility index (Phi) is 5.18. The summed E-state index contributed by atoms with van der Waals surface area (Å²) in [7, 11) is -3.72. The van der Waals surface area contributed by atoms with Crippen molar-refractivity contribution < 1.29 is 13.2 Å². The predicted molar refractivity (Wildman–Crippen MR) is 103 cm³/mol. The highest BCUT2D eigenvalue weighted by Gasteiger charge is 2.39. The van der Waals surface area contributed by atoms with E-state index in [9.17, 15) is 13.2 Å². The molecule has 1 atom stereocenters. The molecule has 0 unspecified atom stereocenters. The molecule has 8 heteroatoms. The summed E-state index contributed by atoms with van der Waals surface area (Å²) in [5.41, 5.74) is 1.02. The van der Waals surface area contributed by atoms with Gasteiger partial charge >= 0.3 is 0 Å². The van der Waals surface area contributed by atoms with Gasteiger partial charge in [-0.15, -0.1) is 11.3 Å². The van der Waals surface area contributed by atoms with Crippen LogP contribution < -0.4 is 5.32 Å². The lowest BCUT2D eigenvalue weighted by Crippen LogP contribution is -2.43. The van der Waals surface area contributed by atoms with Gasteiger partial charge in [-0.1, -0.05) is 32.9 Å². The maximum atomic E-state index is 13.0. The summed E-state index contributed by atoms with van der Waals surface area (Å²) in [4.78, 5) is 16.8. The first-order valence-corrected chi connectivity index (χ1v) is 10.8. The quantitative estimate of drug-likeness (QED) is 0.865. The number of nitrogens with one attached hydrogen (secondary N) is 1. The van der Waals surface area contributed by atoms with Crippen molar-refractivity contribution in [2.24, 2.45) is 0 Å². The Hall–Kier alpha value is -1.77. The number of thiazole rings is 1. The average Bonchev–Trinajstić information content (AvgIpc) is 3.25. The van der Waals surface area contributed by atoms with Crippen LogP contribution in [0.4, 0.5) is 5.13 Å². The lowest BCUT2D eigenvalue weighted by atomic mass is 9.87. The summed E-state index contributed by atoms with van der Waals surface area (Å²) in [5, 5.41) is 4.95. The van der Waals surface area contributed by atoms with E-state index in [2.05, 4.69) is 31.1 Å². The van der Waals surface area contributed by atoms with Crippen LogP contribution in [0.3, 0.4) is 0 Å². The van der Waals surface area contributed by atoms with Crippen molar-refractivity contribution in [1.82, 2.24) is 9.29 Å². The fourth-order valence-electron chi connectivity index (χ4n) is 3.03. The van der Waals surface area contributed by atoms with E-state index in [1.807, 2.05) is 12.1 Å². The van der Waals surface area contributed by atoms with E-state index in [-0.39, 0.29) is 16.2 Å². The molecule has 0 spiro atoms. The number of sulfonamides is 1. The first-order chi connectivity index (χ1) is 12.2. The van der Waals surface area contributed by atoms with E-state index in [0.717, 1.165) is 5.56 Å². The molecule has 1 N–H and O–H groups in total. The van der Waals surface area contributed by atoms with Crippen molar-refractivity contribution in [1.29, 1.82) is 0 Å². The lowest BCUT2D eigenvalue weighted by Gasteiger charge is -2.24. The standard InChI is InChI=1S/C18H23N3O3S2/c1-18(2,3)13-6-8-14(9-7-13)26(23,24)21-11-4-5-15(21)16(22)20-17-19-10-12-25-17/h6-10,12,15H,4-5,11H2,1-3H3,(H,19,20,22)/t15-/m0/s1. The summed E-state index contributed by atoms with van der Waals surface area (Å²) in [6, 6.07) is 6.24. The molecule has 1 fully saturated rings. The third kappa shape index (κ3) is 3.82. The zero-order valence-electron chi connectivity index (χ0n) is 15.1. The second-order valence-corrected chi connectivity index (χ2v) is 10.2. The summed E-state index contributed by atoms with van der Waals surface area (Å²) < 4.78 is 27.4. The van der Waals surface area contributed by atoms with Crippen LogP contribution in [0, 0.1) is 0 Å². The van der Waals surface area contributed by atoms with Crippen molar-refractivity contribution >= 4 is 32.4 Å². The molecule has 0 aliphatic carbocycles. The minimum absolute atomic E-state index is 0.0495. The molecule has 2 aromatic rings. The van der Waals surface area contributed by atoms with Gasteiger partial charge in [-0.25, -0.2) is 13.4 Å². The zero-order valence-corrected chi connectivity index (χ0v) is 16.7. The fraction of sp³-hybridized carbons (Fsp3) is 0.444. The van der Waals surface area contributed by atoms with Crippen LogP contribution in [-0.4, -0.2) is 36.2 Å². The fourth-order valence-corrected chi connectivity index (χ4v) is 5.21. The number of nitrogens with zero attached hydrogens (tertiary/aromatic N) is 2. The van der Waals surface area contributed by atoms with Crippen LogP contribution in [0.1, 0.15) is 39.2 Å². The highest BCUT2D eigenvalue weighted by atomic mass is 32.2. The van der Waals surface area contributed by atoms with Crippen molar-refractivity contribution in [3.63, 3.8) is 0 Å². The highest BCUT2D eigenvalue weighted by molar-refractivity contribution is 7.89. The molecule has 1 aromatic carbocycles. The van der Waals surface area contributed by atoms with Gasteiger partial charge in [0.25, 0.3) is 0 Å².